The normalized spacial score (nSPS) is 10.1. The minimum Gasteiger partial charge on any atom is -0.345 e. The van der Waals surface area contributed by atoms with Crippen molar-refractivity contribution in [2.75, 3.05) is 5.33 Å². The fourth-order valence-electron chi connectivity index (χ4n) is 1.11. The van der Waals surface area contributed by atoms with Crippen molar-refractivity contribution >= 4 is 22.2 Å². The molecule has 0 aliphatic heterocycles. The van der Waals surface area contributed by atoms with Crippen LogP contribution in [0.25, 0.3) is 0 Å². The number of unbranched alkanes of at least 4 members (excludes halogenated alkanes) is 1. The number of hydrogen-bond acceptors (Lipinski definition) is 1. The zero-order valence-electron chi connectivity index (χ0n) is 6.87. The highest BCUT2D eigenvalue weighted by molar-refractivity contribution is 9.09. The predicted octanol–water partition coefficient (Wildman–Crippen LogP) is 2.48. The Morgan fingerprint density at radius 3 is 3.00 bits per heavy atom. The Bertz CT molecular complexity index is 244. The van der Waals surface area contributed by atoms with E-state index in [2.05, 4.69) is 15.9 Å². The van der Waals surface area contributed by atoms with Crippen LogP contribution >= 0.6 is 15.9 Å². The van der Waals surface area contributed by atoms with Crippen molar-refractivity contribution in [2.45, 2.75) is 19.4 Å². The molecular formula is C9H12BrNO. The van der Waals surface area contributed by atoms with E-state index in [9.17, 15) is 4.79 Å². The van der Waals surface area contributed by atoms with Crippen LogP contribution in [0.2, 0.25) is 0 Å². The molecule has 0 aromatic carbocycles. The number of aldehydes is 1. The summed E-state index contributed by atoms with van der Waals surface area (Å²) in [6.07, 6.45) is 5.10. The molecule has 0 N–H and O–H groups in total. The highest BCUT2D eigenvalue weighted by atomic mass is 79.9. The van der Waals surface area contributed by atoms with Crippen LogP contribution < -0.4 is 0 Å². The molecule has 0 saturated carbocycles. The molecule has 0 aliphatic rings. The van der Waals surface area contributed by atoms with Gasteiger partial charge in [-0.3, -0.25) is 4.79 Å². The van der Waals surface area contributed by atoms with Crippen molar-refractivity contribution in [3.05, 3.63) is 24.0 Å². The minimum atomic E-state index is 0.768. The third kappa shape index (κ3) is 2.48. The Labute approximate surface area is 80.7 Å². The molecule has 1 aromatic heterocycles. The number of halogens is 1. The Hall–Kier alpha value is -0.570. The fourth-order valence-corrected chi connectivity index (χ4v) is 1.51. The van der Waals surface area contributed by atoms with Gasteiger partial charge in [0.1, 0.15) is 0 Å². The molecule has 0 unspecified atom stereocenters. The maximum atomic E-state index is 10.5. The lowest BCUT2D eigenvalue weighted by molar-refractivity contribution is 0.111. The summed E-state index contributed by atoms with van der Waals surface area (Å²) in [5.74, 6) is 0. The topological polar surface area (TPSA) is 22.0 Å². The smallest absolute Gasteiger partial charge is 0.166 e. The largest absolute Gasteiger partial charge is 0.345 e. The summed E-state index contributed by atoms with van der Waals surface area (Å²) < 4.78 is 1.98. The van der Waals surface area contributed by atoms with Crippen LogP contribution in [0.3, 0.4) is 0 Å². The van der Waals surface area contributed by atoms with Gasteiger partial charge in [0.2, 0.25) is 0 Å². The molecule has 12 heavy (non-hydrogen) atoms. The number of aromatic nitrogens is 1. The van der Waals surface area contributed by atoms with Crippen molar-refractivity contribution in [1.82, 2.24) is 4.57 Å². The third-order valence-electron chi connectivity index (χ3n) is 1.77. The molecule has 0 fully saturated rings. The SMILES string of the molecule is O=Cc1cccn1CCCCBr. The zero-order valence-corrected chi connectivity index (χ0v) is 8.46. The van der Waals surface area contributed by atoms with Crippen LogP contribution in [0.4, 0.5) is 0 Å². The van der Waals surface area contributed by atoms with E-state index in [0.717, 1.165) is 36.7 Å². The molecule has 0 amide bonds. The van der Waals surface area contributed by atoms with Crippen LogP contribution in [-0.4, -0.2) is 16.2 Å². The first-order valence-electron chi connectivity index (χ1n) is 4.05. The Kier molecular flexibility index (Phi) is 4.08. The molecule has 0 radical (unpaired) electrons. The molecule has 66 valence electrons. The monoisotopic (exact) mass is 229 g/mol. The number of nitrogens with zero attached hydrogens (tertiary/aromatic N) is 1. The highest BCUT2D eigenvalue weighted by Gasteiger charge is 1.97. The first-order valence-corrected chi connectivity index (χ1v) is 5.17. The van der Waals surface area contributed by atoms with Crippen molar-refractivity contribution in [2.24, 2.45) is 0 Å². The van der Waals surface area contributed by atoms with Crippen molar-refractivity contribution < 1.29 is 4.79 Å². The molecule has 0 saturated heterocycles. The maximum absolute atomic E-state index is 10.5. The van der Waals surface area contributed by atoms with Crippen LogP contribution in [0, 0.1) is 0 Å². The van der Waals surface area contributed by atoms with E-state index in [1.807, 2.05) is 22.9 Å². The van der Waals surface area contributed by atoms with Gasteiger partial charge in [0.25, 0.3) is 0 Å². The summed E-state index contributed by atoms with van der Waals surface area (Å²) in [6.45, 7) is 0.937. The number of rotatable bonds is 5. The van der Waals surface area contributed by atoms with Gasteiger partial charge in [0.15, 0.2) is 6.29 Å². The number of aryl methyl sites for hydroxylation is 1. The van der Waals surface area contributed by atoms with E-state index in [4.69, 9.17) is 0 Å². The molecule has 0 aliphatic carbocycles. The quantitative estimate of drug-likeness (QED) is 0.432. The second kappa shape index (κ2) is 5.14. The molecule has 0 atom stereocenters. The number of hydrogen-bond donors (Lipinski definition) is 0. The highest BCUT2D eigenvalue weighted by Crippen LogP contribution is 2.03. The summed E-state index contributed by atoms with van der Waals surface area (Å²) in [6, 6.07) is 3.74. The number of alkyl halides is 1. The van der Waals surface area contributed by atoms with E-state index in [-0.39, 0.29) is 0 Å². The summed E-state index contributed by atoms with van der Waals surface area (Å²) in [5, 5.41) is 1.03. The van der Waals surface area contributed by atoms with E-state index in [1.165, 1.54) is 0 Å². The van der Waals surface area contributed by atoms with E-state index < -0.39 is 0 Å². The molecular weight excluding hydrogens is 218 g/mol. The van der Waals surface area contributed by atoms with Crippen molar-refractivity contribution in [3.8, 4) is 0 Å². The summed E-state index contributed by atoms with van der Waals surface area (Å²) in [4.78, 5) is 10.5. The number of carbonyl (C=O) groups excluding carboxylic acids is 1. The van der Waals surface area contributed by atoms with Gasteiger partial charge in [-0.15, -0.1) is 0 Å². The minimum absolute atomic E-state index is 0.768. The Morgan fingerprint density at radius 2 is 2.33 bits per heavy atom. The lowest BCUT2D eigenvalue weighted by Crippen LogP contribution is -2.00. The second-order valence-electron chi connectivity index (χ2n) is 2.64. The Morgan fingerprint density at radius 1 is 1.50 bits per heavy atom. The average molecular weight is 230 g/mol. The summed E-state index contributed by atoms with van der Waals surface area (Å²) in [5.41, 5.74) is 0.768. The molecule has 0 spiro atoms. The van der Waals surface area contributed by atoms with Gasteiger partial charge in [0.05, 0.1) is 5.69 Å². The predicted molar refractivity (Wildman–Crippen MR) is 52.8 cm³/mol. The summed E-state index contributed by atoms with van der Waals surface area (Å²) in [7, 11) is 0. The first kappa shape index (κ1) is 9.52. The van der Waals surface area contributed by atoms with Gasteiger partial charge in [-0.05, 0) is 25.0 Å². The molecule has 2 nitrogen and oxygen atoms in total. The molecule has 3 heteroatoms. The fraction of sp³-hybridized carbons (Fsp3) is 0.444. The van der Waals surface area contributed by atoms with Crippen LogP contribution in [-0.2, 0) is 6.54 Å². The van der Waals surface area contributed by atoms with Gasteiger partial charge in [-0.1, -0.05) is 15.9 Å². The van der Waals surface area contributed by atoms with Crippen LogP contribution in [0.5, 0.6) is 0 Å². The number of carbonyl (C=O) groups is 1. The lowest BCUT2D eigenvalue weighted by atomic mass is 10.3. The first-order chi connectivity index (χ1) is 5.88. The molecule has 0 bridgehead atoms. The van der Waals surface area contributed by atoms with Gasteiger partial charge in [-0.25, -0.2) is 0 Å². The standard InChI is InChI=1S/C9H12BrNO/c10-5-1-2-6-11-7-3-4-9(11)8-12/h3-4,7-8H,1-2,5-6H2. The van der Waals surface area contributed by atoms with Gasteiger partial charge in [0, 0.05) is 18.1 Å². The lowest BCUT2D eigenvalue weighted by Gasteiger charge is -2.02. The second-order valence-corrected chi connectivity index (χ2v) is 3.43. The van der Waals surface area contributed by atoms with Gasteiger partial charge >= 0.3 is 0 Å². The van der Waals surface area contributed by atoms with E-state index >= 15 is 0 Å². The molecule has 1 heterocycles. The molecule has 1 rings (SSSR count). The van der Waals surface area contributed by atoms with Gasteiger partial charge < -0.3 is 4.57 Å². The zero-order chi connectivity index (χ0) is 8.81. The molecule has 1 aromatic rings. The van der Waals surface area contributed by atoms with Crippen LogP contribution in [0.15, 0.2) is 18.3 Å². The van der Waals surface area contributed by atoms with Crippen molar-refractivity contribution in [1.29, 1.82) is 0 Å². The summed E-state index contributed by atoms with van der Waals surface area (Å²) >= 11 is 3.37. The van der Waals surface area contributed by atoms with Gasteiger partial charge in [-0.2, -0.15) is 0 Å². The average Bonchev–Trinajstić information content (AvgIpc) is 2.52. The third-order valence-corrected chi connectivity index (χ3v) is 2.33. The van der Waals surface area contributed by atoms with E-state index in [0.29, 0.717) is 0 Å². The Balaban J connectivity index is 2.45. The van der Waals surface area contributed by atoms with Crippen molar-refractivity contribution in [3.63, 3.8) is 0 Å². The van der Waals surface area contributed by atoms with E-state index in [1.54, 1.807) is 0 Å². The maximum Gasteiger partial charge on any atom is 0.166 e. The van der Waals surface area contributed by atoms with Crippen LogP contribution in [0.1, 0.15) is 23.3 Å².